The molecule has 1 heterocycles. The Balaban J connectivity index is 2.18. The highest BCUT2D eigenvalue weighted by Gasteiger charge is 2.24. The summed E-state index contributed by atoms with van der Waals surface area (Å²) < 4.78 is 32.7. The molecule has 1 fully saturated rings. The van der Waals surface area contributed by atoms with E-state index in [1.807, 2.05) is 6.92 Å². The Hall–Kier alpha value is -1.69. The van der Waals surface area contributed by atoms with E-state index in [-0.39, 0.29) is 17.6 Å². The van der Waals surface area contributed by atoms with Crippen LogP contribution in [-0.4, -0.2) is 30.3 Å². The van der Waals surface area contributed by atoms with Crippen LogP contribution >= 0.6 is 0 Å². The number of hydrogen-bond donors (Lipinski definition) is 2. The van der Waals surface area contributed by atoms with Crippen molar-refractivity contribution in [3.05, 3.63) is 29.3 Å². The van der Waals surface area contributed by atoms with Gasteiger partial charge in [0, 0.05) is 18.6 Å². The summed E-state index contributed by atoms with van der Waals surface area (Å²) in [5.74, 6) is -2.97. The summed E-state index contributed by atoms with van der Waals surface area (Å²) in [6, 6.07) is 1.47. The largest absolute Gasteiger partial charge is 0.478 e. The van der Waals surface area contributed by atoms with Crippen LogP contribution in [0.5, 0.6) is 0 Å². The first kappa shape index (κ1) is 13.7. The van der Waals surface area contributed by atoms with Gasteiger partial charge in [-0.2, -0.15) is 0 Å². The van der Waals surface area contributed by atoms with Gasteiger partial charge in [0.2, 0.25) is 0 Å². The first-order valence-corrected chi connectivity index (χ1v) is 6.05. The molecule has 6 heteroatoms. The average molecular weight is 271 g/mol. The van der Waals surface area contributed by atoms with Crippen molar-refractivity contribution in [2.24, 2.45) is 5.92 Å². The van der Waals surface area contributed by atoms with E-state index < -0.39 is 23.2 Å². The van der Waals surface area contributed by atoms with E-state index in [9.17, 15) is 13.6 Å². The zero-order valence-corrected chi connectivity index (χ0v) is 10.5. The van der Waals surface area contributed by atoms with E-state index in [1.165, 1.54) is 0 Å². The number of hydrogen-bond acceptors (Lipinski definition) is 3. The fraction of sp³-hybridized carbons (Fsp3) is 0.462. The minimum atomic E-state index is -1.36. The monoisotopic (exact) mass is 271 g/mol. The van der Waals surface area contributed by atoms with Gasteiger partial charge in [0.25, 0.3) is 0 Å². The number of halogens is 2. The van der Waals surface area contributed by atoms with E-state index in [1.54, 1.807) is 0 Å². The molecule has 0 aromatic heterocycles. The van der Waals surface area contributed by atoms with Crippen LogP contribution in [0.25, 0.3) is 0 Å². The second-order valence-corrected chi connectivity index (χ2v) is 4.68. The van der Waals surface area contributed by atoms with E-state index >= 15 is 0 Å². The van der Waals surface area contributed by atoms with Crippen LogP contribution in [0.15, 0.2) is 12.1 Å². The SMILES string of the molecule is CC(Nc1c(F)cc(C(=O)O)cc1F)C1CCOC1. The van der Waals surface area contributed by atoms with E-state index in [2.05, 4.69) is 5.32 Å². The van der Waals surface area contributed by atoms with E-state index in [0.29, 0.717) is 13.2 Å². The minimum Gasteiger partial charge on any atom is -0.478 e. The first-order valence-electron chi connectivity index (χ1n) is 6.05. The van der Waals surface area contributed by atoms with Crippen LogP contribution in [0.2, 0.25) is 0 Å². The summed E-state index contributed by atoms with van der Waals surface area (Å²) in [5.41, 5.74) is -0.693. The molecule has 1 saturated heterocycles. The molecule has 2 unspecified atom stereocenters. The lowest BCUT2D eigenvalue weighted by Gasteiger charge is -2.21. The predicted molar refractivity (Wildman–Crippen MR) is 65.3 cm³/mol. The zero-order valence-electron chi connectivity index (χ0n) is 10.5. The van der Waals surface area contributed by atoms with Crippen molar-refractivity contribution in [1.82, 2.24) is 0 Å². The van der Waals surface area contributed by atoms with Crippen molar-refractivity contribution in [3.8, 4) is 0 Å². The zero-order chi connectivity index (χ0) is 14.0. The number of ether oxygens (including phenoxy) is 1. The molecule has 1 aromatic carbocycles. The number of benzene rings is 1. The maximum Gasteiger partial charge on any atom is 0.335 e. The molecule has 2 atom stereocenters. The fourth-order valence-corrected chi connectivity index (χ4v) is 2.13. The van der Waals surface area contributed by atoms with Crippen LogP contribution in [-0.2, 0) is 4.74 Å². The number of carbonyl (C=O) groups is 1. The Bertz CT molecular complexity index is 464. The molecule has 0 aliphatic carbocycles. The first-order chi connectivity index (χ1) is 8.99. The molecule has 2 N–H and O–H groups in total. The summed E-state index contributed by atoms with van der Waals surface area (Å²) in [6.45, 7) is 3.04. The van der Waals surface area contributed by atoms with Gasteiger partial charge < -0.3 is 15.2 Å². The standard InChI is InChI=1S/C13H15F2NO3/c1-7(8-2-3-19-6-8)16-12-10(14)4-9(13(17)18)5-11(12)15/h4-5,7-8,16H,2-3,6H2,1H3,(H,17,18). The maximum atomic E-state index is 13.7. The van der Waals surface area contributed by atoms with Gasteiger partial charge in [0.05, 0.1) is 12.2 Å². The molecule has 0 amide bonds. The summed E-state index contributed by atoms with van der Waals surface area (Å²) in [5, 5.41) is 11.5. The predicted octanol–water partition coefficient (Wildman–Crippen LogP) is 2.50. The number of carboxylic acids is 1. The number of anilines is 1. The van der Waals surface area contributed by atoms with Crippen molar-refractivity contribution in [1.29, 1.82) is 0 Å². The summed E-state index contributed by atoms with van der Waals surface area (Å²) in [4.78, 5) is 10.7. The summed E-state index contributed by atoms with van der Waals surface area (Å²) >= 11 is 0. The maximum absolute atomic E-state index is 13.7. The van der Waals surface area contributed by atoms with Gasteiger partial charge in [0.15, 0.2) is 0 Å². The molecule has 19 heavy (non-hydrogen) atoms. The number of rotatable bonds is 4. The van der Waals surface area contributed by atoms with Crippen molar-refractivity contribution in [2.45, 2.75) is 19.4 Å². The Morgan fingerprint density at radius 2 is 2.11 bits per heavy atom. The highest BCUT2D eigenvalue weighted by molar-refractivity contribution is 5.88. The number of carboxylic acid groups (broad SMARTS) is 1. The normalized spacial score (nSPS) is 20.3. The third-order valence-electron chi connectivity index (χ3n) is 3.33. The molecular formula is C13H15F2NO3. The number of nitrogens with one attached hydrogen (secondary N) is 1. The third kappa shape index (κ3) is 3.01. The molecule has 0 bridgehead atoms. The molecule has 1 aliphatic rings. The molecule has 1 aliphatic heterocycles. The average Bonchev–Trinajstić information content (AvgIpc) is 2.86. The van der Waals surface area contributed by atoms with Crippen LogP contribution < -0.4 is 5.32 Å². The molecule has 2 rings (SSSR count). The van der Waals surface area contributed by atoms with Crippen LogP contribution in [0.1, 0.15) is 23.7 Å². The van der Waals surface area contributed by atoms with Crippen LogP contribution in [0, 0.1) is 17.6 Å². The quantitative estimate of drug-likeness (QED) is 0.883. The summed E-state index contributed by atoms with van der Waals surface area (Å²) in [7, 11) is 0. The third-order valence-corrected chi connectivity index (χ3v) is 3.33. The highest BCUT2D eigenvalue weighted by Crippen LogP contribution is 2.25. The van der Waals surface area contributed by atoms with Gasteiger partial charge in [-0.15, -0.1) is 0 Å². The molecule has 1 aromatic rings. The van der Waals surface area contributed by atoms with E-state index in [4.69, 9.17) is 9.84 Å². The second kappa shape index (κ2) is 5.52. The molecule has 0 radical (unpaired) electrons. The smallest absolute Gasteiger partial charge is 0.335 e. The number of aromatic carboxylic acids is 1. The molecule has 104 valence electrons. The minimum absolute atomic E-state index is 0.151. The van der Waals surface area contributed by atoms with Gasteiger partial charge in [-0.25, -0.2) is 13.6 Å². The Morgan fingerprint density at radius 3 is 2.58 bits per heavy atom. The van der Waals surface area contributed by atoms with Gasteiger partial charge >= 0.3 is 5.97 Å². The van der Waals surface area contributed by atoms with Crippen LogP contribution in [0.3, 0.4) is 0 Å². The molecule has 4 nitrogen and oxygen atoms in total. The Labute approximate surface area is 109 Å². The highest BCUT2D eigenvalue weighted by atomic mass is 19.1. The molecular weight excluding hydrogens is 256 g/mol. The van der Waals surface area contributed by atoms with Gasteiger partial charge in [-0.3, -0.25) is 0 Å². The van der Waals surface area contributed by atoms with Crippen LogP contribution in [0.4, 0.5) is 14.5 Å². The molecule has 0 saturated carbocycles. The van der Waals surface area contributed by atoms with Crippen molar-refractivity contribution >= 4 is 11.7 Å². The van der Waals surface area contributed by atoms with Crippen molar-refractivity contribution in [3.63, 3.8) is 0 Å². The summed E-state index contributed by atoms with van der Waals surface area (Å²) in [6.07, 6.45) is 0.838. The fourth-order valence-electron chi connectivity index (χ4n) is 2.13. The molecule has 0 spiro atoms. The lowest BCUT2D eigenvalue weighted by Crippen LogP contribution is -2.27. The van der Waals surface area contributed by atoms with Gasteiger partial charge in [-0.1, -0.05) is 0 Å². The second-order valence-electron chi connectivity index (χ2n) is 4.68. The van der Waals surface area contributed by atoms with E-state index in [0.717, 1.165) is 18.6 Å². The lowest BCUT2D eigenvalue weighted by atomic mass is 10.0. The lowest BCUT2D eigenvalue weighted by molar-refractivity contribution is 0.0696. The van der Waals surface area contributed by atoms with Gasteiger partial charge in [0.1, 0.15) is 17.3 Å². The Morgan fingerprint density at radius 1 is 1.47 bits per heavy atom. The Kier molecular flexibility index (Phi) is 3.99. The van der Waals surface area contributed by atoms with Crippen molar-refractivity contribution in [2.75, 3.05) is 18.5 Å². The van der Waals surface area contributed by atoms with Crippen molar-refractivity contribution < 1.29 is 23.4 Å². The van der Waals surface area contributed by atoms with Gasteiger partial charge in [-0.05, 0) is 25.5 Å². The topological polar surface area (TPSA) is 58.6 Å².